The third-order valence-electron chi connectivity index (χ3n) is 0.769. The lowest BCUT2D eigenvalue weighted by Crippen LogP contribution is -1.85. The van der Waals surface area contributed by atoms with Crippen LogP contribution in [0.1, 0.15) is 19.8 Å². The molecule has 42 valence electrons. The first-order chi connectivity index (χ1) is 3.27. The first-order valence-electron chi connectivity index (χ1n) is 2.52. The van der Waals surface area contributed by atoms with Gasteiger partial charge in [0.25, 0.3) is 0 Å². The Labute approximate surface area is 53.7 Å². The molecule has 0 bridgehead atoms. The third-order valence-corrected chi connectivity index (χ3v) is 1.23. The van der Waals surface area contributed by atoms with E-state index < -0.39 is 0 Å². The van der Waals surface area contributed by atoms with Crippen LogP contribution in [0.3, 0.4) is 0 Å². The smallest absolute Gasteiger partial charge is 0.0120 e. The molecular formula is C6H11Br. The first kappa shape index (κ1) is 7.22. The molecule has 0 saturated carbocycles. The van der Waals surface area contributed by atoms with E-state index >= 15 is 0 Å². The zero-order valence-corrected chi connectivity index (χ0v) is 6.24. The Balaban J connectivity index is 2.81. The molecule has 0 heterocycles. The van der Waals surface area contributed by atoms with Gasteiger partial charge < -0.3 is 0 Å². The quantitative estimate of drug-likeness (QED) is 0.443. The highest BCUT2D eigenvalue weighted by atomic mass is 79.9. The van der Waals surface area contributed by atoms with Gasteiger partial charge in [0.15, 0.2) is 0 Å². The maximum atomic E-state index is 3.61. The zero-order valence-electron chi connectivity index (χ0n) is 4.65. The van der Waals surface area contributed by atoms with Gasteiger partial charge in [-0.3, -0.25) is 0 Å². The monoisotopic (exact) mass is 162 g/mol. The second kappa shape index (κ2) is 4.38. The summed E-state index contributed by atoms with van der Waals surface area (Å²) in [4.78, 5) is 0.644. The molecule has 0 nitrogen and oxygen atoms in total. The molecule has 0 amide bonds. The molecule has 1 heteroatoms. The summed E-state index contributed by atoms with van der Waals surface area (Å²) >= 11 is 3.43. The van der Waals surface area contributed by atoms with Crippen molar-refractivity contribution >= 4 is 15.9 Å². The van der Waals surface area contributed by atoms with Crippen LogP contribution >= 0.6 is 15.9 Å². The number of halogens is 1. The second-order valence-electron chi connectivity index (χ2n) is 1.65. The lowest BCUT2D eigenvalue weighted by atomic mass is 10.2. The highest BCUT2D eigenvalue weighted by Gasteiger charge is 1.89. The van der Waals surface area contributed by atoms with E-state index in [1.165, 1.54) is 6.42 Å². The summed E-state index contributed by atoms with van der Waals surface area (Å²) in [6, 6.07) is 0. The van der Waals surface area contributed by atoms with Crippen LogP contribution in [0.2, 0.25) is 0 Å². The normalized spacial score (nSPS) is 13.4. The van der Waals surface area contributed by atoms with Crippen molar-refractivity contribution in [1.82, 2.24) is 0 Å². The van der Waals surface area contributed by atoms with E-state index in [0.717, 1.165) is 6.42 Å². The molecule has 0 aromatic carbocycles. The maximum Gasteiger partial charge on any atom is 0.0120 e. The summed E-state index contributed by atoms with van der Waals surface area (Å²) in [7, 11) is 0. The molecule has 0 aliphatic carbocycles. The van der Waals surface area contributed by atoms with Crippen LogP contribution < -0.4 is 0 Å². The van der Waals surface area contributed by atoms with Gasteiger partial charge in [-0.2, -0.15) is 0 Å². The second-order valence-corrected chi connectivity index (χ2v) is 3.21. The van der Waals surface area contributed by atoms with E-state index in [9.17, 15) is 0 Å². The van der Waals surface area contributed by atoms with E-state index in [2.05, 4.69) is 29.4 Å². The summed E-state index contributed by atoms with van der Waals surface area (Å²) in [5, 5.41) is 0. The fourth-order valence-corrected chi connectivity index (χ4v) is 0.612. The predicted molar refractivity (Wildman–Crippen MR) is 37.8 cm³/mol. The van der Waals surface area contributed by atoms with Crippen molar-refractivity contribution in [2.45, 2.75) is 24.6 Å². The summed E-state index contributed by atoms with van der Waals surface area (Å²) in [5.74, 6) is 0. The minimum absolute atomic E-state index is 0.644. The molecule has 0 saturated heterocycles. The lowest BCUT2D eigenvalue weighted by molar-refractivity contribution is 0.845. The topological polar surface area (TPSA) is 0 Å². The van der Waals surface area contributed by atoms with Gasteiger partial charge in [-0.25, -0.2) is 0 Å². The molecule has 0 radical (unpaired) electrons. The van der Waals surface area contributed by atoms with Crippen molar-refractivity contribution in [3.05, 3.63) is 12.7 Å². The van der Waals surface area contributed by atoms with Gasteiger partial charge in [0.1, 0.15) is 0 Å². The van der Waals surface area contributed by atoms with Crippen molar-refractivity contribution in [1.29, 1.82) is 0 Å². The number of hydrogen-bond acceptors (Lipinski definition) is 0. The van der Waals surface area contributed by atoms with Crippen LogP contribution in [0.15, 0.2) is 12.7 Å². The van der Waals surface area contributed by atoms with Crippen LogP contribution in [0, 0.1) is 0 Å². The van der Waals surface area contributed by atoms with Gasteiger partial charge in [0.05, 0.1) is 0 Å². The van der Waals surface area contributed by atoms with Crippen LogP contribution in [-0.2, 0) is 0 Å². The minimum Gasteiger partial charge on any atom is -0.103 e. The van der Waals surface area contributed by atoms with Gasteiger partial charge in [0, 0.05) is 4.83 Å². The number of alkyl halides is 1. The highest BCUT2D eigenvalue weighted by Crippen LogP contribution is 2.05. The highest BCUT2D eigenvalue weighted by molar-refractivity contribution is 9.09. The summed E-state index contributed by atoms with van der Waals surface area (Å²) in [6.07, 6.45) is 4.26. The molecule has 0 aliphatic rings. The molecule has 0 fully saturated rings. The molecule has 0 aromatic rings. The van der Waals surface area contributed by atoms with Crippen LogP contribution in [0.25, 0.3) is 0 Å². The molecule has 1 atom stereocenters. The van der Waals surface area contributed by atoms with Gasteiger partial charge in [-0.15, -0.1) is 6.58 Å². The average molecular weight is 163 g/mol. The Bertz CT molecular complexity index is 48.1. The fourth-order valence-electron chi connectivity index (χ4n) is 0.348. The molecule has 0 spiro atoms. The summed E-state index contributed by atoms with van der Waals surface area (Å²) < 4.78 is 0. The largest absolute Gasteiger partial charge is 0.103 e. The Morgan fingerprint density at radius 3 is 2.57 bits per heavy atom. The van der Waals surface area contributed by atoms with Gasteiger partial charge >= 0.3 is 0 Å². The van der Waals surface area contributed by atoms with E-state index in [4.69, 9.17) is 0 Å². The molecule has 0 N–H and O–H groups in total. The molecule has 7 heavy (non-hydrogen) atoms. The first-order valence-corrected chi connectivity index (χ1v) is 3.44. The van der Waals surface area contributed by atoms with Crippen LogP contribution in [-0.4, -0.2) is 4.83 Å². The average Bonchev–Trinajstić information content (AvgIpc) is 1.61. The maximum absolute atomic E-state index is 3.61. The molecule has 0 aromatic heterocycles. The van der Waals surface area contributed by atoms with Crippen molar-refractivity contribution in [3.8, 4) is 0 Å². The van der Waals surface area contributed by atoms with E-state index in [-0.39, 0.29) is 0 Å². The minimum atomic E-state index is 0.644. The SMILES string of the molecule is C=CCC[C@@H](C)Br. The Hall–Kier alpha value is 0.220. The molecular weight excluding hydrogens is 152 g/mol. The lowest BCUT2D eigenvalue weighted by Gasteiger charge is -1.94. The van der Waals surface area contributed by atoms with Gasteiger partial charge in [-0.1, -0.05) is 28.9 Å². The zero-order chi connectivity index (χ0) is 5.70. The van der Waals surface area contributed by atoms with Crippen molar-refractivity contribution in [2.75, 3.05) is 0 Å². The Morgan fingerprint density at radius 2 is 2.43 bits per heavy atom. The Kier molecular flexibility index (Phi) is 4.52. The fraction of sp³-hybridized carbons (Fsp3) is 0.667. The van der Waals surface area contributed by atoms with Gasteiger partial charge in [-0.05, 0) is 12.8 Å². The molecule has 0 aliphatic heterocycles. The number of rotatable bonds is 3. The van der Waals surface area contributed by atoms with Crippen molar-refractivity contribution in [2.24, 2.45) is 0 Å². The van der Waals surface area contributed by atoms with Crippen molar-refractivity contribution in [3.63, 3.8) is 0 Å². The van der Waals surface area contributed by atoms with Crippen molar-refractivity contribution < 1.29 is 0 Å². The number of allylic oxidation sites excluding steroid dienone is 1. The standard InChI is InChI=1S/C6H11Br/c1-3-4-5-6(2)7/h3,6H,1,4-5H2,2H3/t6-/m1/s1. The Morgan fingerprint density at radius 1 is 1.86 bits per heavy atom. The number of hydrogen-bond donors (Lipinski definition) is 0. The predicted octanol–water partition coefficient (Wildman–Crippen LogP) is 2.74. The van der Waals surface area contributed by atoms with Crippen LogP contribution in [0.4, 0.5) is 0 Å². The summed E-state index contributed by atoms with van der Waals surface area (Å²) in [5.41, 5.74) is 0. The van der Waals surface area contributed by atoms with Crippen LogP contribution in [0.5, 0.6) is 0 Å². The summed E-state index contributed by atoms with van der Waals surface area (Å²) in [6.45, 7) is 5.75. The van der Waals surface area contributed by atoms with E-state index in [1.807, 2.05) is 6.08 Å². The molecule has 0 unspecified atom stereocenters. The van der Waals surface area contributed by atoms with E-state index in [1.54, 1.807) is 0 Å². The van der Waals surface area contributed by atoms with E-state index in [0.29, 0.717) is 4.83 Å². The molecule has 0 rings (SSSR count). The third kappa shape index (κ3) is 6.22. The van der Waals surface area contributed by atoms with Gasteiger partial charge in [0.2, 0.25) is 0 Å².